The van der Waals surface area contributed by atoms with E-state index in [4.69, 9.17) is 10.1 Å². The van der Waals surface area contributed by atoms with Crippen molar-refractivity contribution in [1.29, 1.82) is 0 Å². The van der Waals surface area contributed by atoms with Gasteiger partial charge in [0.05, 0.1) is 23.3 Å². The molecule has 26 heavy (non-hydrogen) atoms. The molecular weight excluding hydrogens is 326 g/mol. The van der Waals surface area contributed by atoms with E-state index in [1.807, 2.05) is 60.3 Å². The van der Waals surface area contributed by atoms with Gasteiger partial charge in [0.25, 0.3) is 0 Å². The topological polar surface area (TPSA) is 66.3 Å². The van der Waals surface area contributed by atoms with Gasteiger partial charge in [-0.3, -0.25) is 9.36 Å². The zero-order valence-electron chi connectivity index (χ0n) is 15.4. The highest BCUT2D eigenvalue weighted by atomic mass is 15.3. The number of aryl methyl sites for hydroxylation is 4. The molecule has 0 amide bonds. The van der Waals surface area contributed by atoms with Crippen molar-refractivity contribution in [2.45, 2.75) is 25.2 Å². The predicted octanol–water partition coefficient (Wildman–Crippen LogP) is 2.68. The average Bonchev–Trinajstić information content (AvgIpc) is 3.01. The van der Waals surface area contributed by atoms with Gasteiger partial charge in [-0.25, -0.2) is 9.97 Å². The van der Waals surface area contributed by atoms with Crippen LogP contribution in [-0.2, 0) is 21.1 Å². The SMILES string of the molecule is Cc1nc2ccc(-c3cc([C@@H]4C[C@H]4c4cnn(C)c4)nn3C)nc2n1C. The summed E-state index contributed by atoms with van der Waals surface area (Å²) in [6.07, 6.45) is 5.21. The maximum absolute atomic E-state index is 4.83. The summed E-state index contributed by atoms with van der Waals surface area (Å²) in [5.74, 6) is 1.97. The number of hydrogen-bond acceptors (Lipinski definition) is 4. The molecule has 5 rings (SSSR count). The van der Waals surface area contributed by atoms with Gasteiger partial charge in [-0.1, -0.05) is 0 Å². The minimum atomic E-state index is 0.474. The molecule has 0 aliphatic heterocycles. The third kappa shape index (κ3) is 2.27. The molecule has 0 bridgehead atoms. The van der Waals surface area contributed by atoms with E-state index in [-0.39, 0.29) is 0 Å². The fourth-order valence-corrected chi connectivity index (χ4v) is 3.75. The fourth-order valence-electron chi connectivity index (χ4n) is 3.75. The second-order valence-electron chi connectivity index (χ2n) is 7.23. The van der Waals surface area contributed by atoms with Crippen molar-refractivity contribution >= 4 is 11.2 Å². The highest BCUT2D eigenvalue weighted by Crippen LogP contribution is 2.54. The molecule has 1 aliphatic rings. The largest absolute Gasteiger partial charge is 0.316 e. The van der Waals surface area contributed by atoms with Crippen LogP contribution in [0.3, 0.4) is 0 Å². The summed E-state index contributed by atoms with van der Waals surface area (Å²) in [4.78, 5) is 9.36. The van der Waals surface area contributed by atoms with Crippen LogP contribution in [0.1, 0.15) is 35.3 Å². The van der Waals surface area contributed by atoms with Crippen molar-refractivity contribution in [3.05, 3.63) is 47.7 Å². The lowest BCUT2D eigenvalue weighted by molar-refractivity contribution is 0.745. The third-order valence-corrected chi connectivity index (χ3v) is 5.42. The molecule has 4 heterocycles. The van der Waals surface area contributed by atoms with Crippen molar-refractivity contribution < 1.29 is 0 Å². The second kappa shape index (κ2) is 5.27. The van der Waals surface area contributed by atoms with Crippen LogP contribution in [0, 0.1) is 6.92 Å². The Kier molecular flexibility index (Phi) is 3.10. The molecule has 0 aromatic carbocycles. The number of hydrogen-bond donors (Lipinski definition) is 0. The van der Waals surface area contributed by atoms with Gasteiger partial charge in [0, 0.05) is 33.3 Å². The van der Waals surface area contributed by atoms with Crippen LogP contribution in [0.25, 0.3) is 22.6 Å². The van der Waals surface area contributed by atoms with E-state index in [0.29, 0.717) is 11.8 Å². The molecule has 4 aromatic rings. The van der Waals surface area contributed by atoms with E-state index in [1.54, 1.807) is 0 Å². The molecule has 4 aromatic heterocycles. The van der Waals surface area contributed by atoms with Crippen LogP contribution in [0.5, 0.6) is 0 Å². The molecule has 0 saturated heterocycles. The summed E-state index contributed by atoms with van der Waals surface area (Å²) in [5.41, 5.74) is 6.24. The number of imidazole rings is 1. The Bertz CT molecular complexity index is 1130. The van der Waals surface area contributed by atoms with E-state index >= 15 is 0 Å². The number of pyridine rings is 1. The van der Waals surface area contributed by atoms with Crippen molar-refractivity contribution in [1.82, 2.24) is 34.1 Å². The normalized spacial score (nSPS) is 19.4. The lowest BCUT2D eigenvalue weighted by Crippen LogP contribution is -1.97. The standard InChI is InChI=1S/C19H21N7/c1-11-21-16-6-5-15(22-19(16)25(11)3)18-8-17(23-26(18)4)14-7-13(14)12-9-20-24(2)10-12/h5-6,8-10,13-14H,7H2,1-4H3/t13-,14+/m0/s1. The number of aromatic nitrogens is 7. The van der Waals surface area contributed by atoms with Gasteiger partial charge < -0.3 is 4.57 Å². The maximum atomic E-state index is 4.83. The van der Waals surface area contributed by atoms with Gasteiger partial charge >= 0.3 is 0 Å². The summed E-state index contributed by atoms with van der Waals surface area (Å²) in [6.45, 7) is 2.00. The molecule has 0 spiro atoms. The minimum absolute atomic E-state index is 0.474. The molecule has 7 heteroatoms. The fraction of sp³-hybridized carbons (Fsp3) is 0.368. The minimum Gasteiger partial charge on any atom is -0.316 e. The highest BCUT2D eigenvalue weighted by molar-refractivity contribution is 5.75. The van der Waals surface area contributed by atoms with Crippen LogP contribution >= 0.6 is 0 Å². The quantitative estimate of drug-likeness (QED) is 0.571. The van der Waals surface area contributed by atoms with Gasteiger partial charge in [-0.15, -0.1) is 0 Å². The van der Waals surface area contributed by atoms with Crippen LogP contribution in [0.2, 0.25) is 0 Å². The zero-order chi connectivity index (χ0) is 18.0. The van der Waals surface area contributed by atoms with E-state index in [2.05, 4.69) is 22.3 Å². The van der Waals surface area contributed by atoms with Crippen LogP contribution < -0.4 is 0 Å². The first kappa shape index (κ1) is 15.3. The van der Waals surface area contributed by atoms with Crippen LogP contribution in [-0.4, -0.2) is 34.1 Å². The van der Waals surface area contributed by atoms with Crippen molar-refractivity contribution in [3.8, 4) is 11.4 Å². The first-order chi connectivity index (χ1) is 12.5. The Morgan fingerprint density at radius 2 is 1.92 bits per heavy atom. The Hall–Kier alpha value is -2.96. The lowest BCUT2D eigenvalue weighted by atomic mass is 10.1. The van der Waals surface area contributed by atoms with Crippen LogP contribution in [0.4, 0.5) is 0 Å². The molecule has 0 N–H and O–H groups in total. The van der Waals surface area contributed by atoms with Crippen LogP contribution in [0.15, 0.2) is 30.6 Å². The molecule has 0 radical (unpaired) electrons. The lowest BCUT2D eigenvalue weighted by Gasteiger charge is -2.02. The smallest absolute Gasteiger partial charge is 0.160 e. The molecule has 2 atom stereocenters. The van der Waals surface area contributed by atoms with E-state index < -0.39 is 0 Å². The molecule has 7 nitrogen and oxygen atoms in total. The number of nitrogens with zero attached hydrogens (tertiary/aromatic N) is 7. The van der Waals surface area contributed by atoms with Gasteiger partial charge in [0.15, 0.2) is 5.65 Å². The summed E-state index contributed by atoms with van der Waals surface area (Å²) in [7, 11) is 5.95. The average molecular weight is 347 g/mol. The number of rotatable bonds is 3. The summed E-state index contributed by atoms with van der Waals surface area (Å²) >= 11 is 0. The van der Waals surface area contributed by atoms with Gasteiger partial charge in [-0.05, 0) is 43.0 Å². The van der Waals surface area contributed by atoms with E-state index in [9.17, 15) is 0 Å². The molecule has 1 aliphatic carbocycles. The van der Waals surface area contributed by atoms with E-state index in [0.717, 1.165) is 40.5 Å². The predicted molar refractivity (Wildman–Crippen MR) is 98.8 cm³/mol. The zero-order valence-corrected chi connectivity index (χ0v) is 15.4. The number of fused-ring (bicyclic) bond motifs is 1. The second-order valence-corrected chi connectivity index (χ2v) is 7.23. The Labute approximate surface area is 151 Å². The summed E-state index contributed by atoms with van der Waals surface area (Å²) in [5, 5.41) is 9.05. The molecule has 1 saturated carbocycles. The third-order valence-electron chi connectivity index (χ3n) is 5.42. The van der Waals surface area contributed by atoms with Crippen molar-refractivity contribution in [2.24, 2.45) is 21.1 Å². The summed E-state index contributed by atoms with van der Waals surface area (Å²) in [6, 6.07) is 6.24. The molecule has 0 unspecified atom stereocenters. The first-order valence-corrected chi connectivity index (χ1v) is 8.84. The molecule has 1 fully saturated rings. The highest BCUT2D eigenvalue weighted by Gasteiger charge is 2.42. The molecular formula is C19H21N7. The maximum Gasteiger partial charge on any atom is 0.160 e. The van der Waals surface area contributed by atoms with Gasteiger partial charge in [0.1, 0.15) is 11.3 Å². The Balaban J connectivity index is 1.49. The van der Waals surface area contributed by atoms with E-state index in [1.165, 1.54) is 5.56 Å². The Morgan fingerprint density at radius 3 is 2.69 bits per heavy atom. The monoisotopic (exact) mass is 347 g/mol. The van der Waals surface area contributed by atoms with Gasteiger partial charge in [-0.2, -0.15) is 10.2 Å². The first-order valence-electron chi connectivity index (χ1n) is 8.84. The van der Waals surface area contributed by atoms with Crippen molar-refractivity contribution in [3.63, 3.8) is 0 Å². The van der Waals surface area contributed by atoms with Crippen molar-refractivity contribution in [2.75, 3.05) is 0 Å². The summed E-state index contributed by atoms with van der Waals surface area (Å²) < 4.78 is 5.82. The molecule has 132 valence electrons. The Morgan fingerprint density at radius 1 is 1.08 bits per heavy atom. The van der Waals surface area contributed by atoms with Gasteiger partial charge in [0.2, 0.25) is 0 Å².